The minimum absolute atomic E-state index is 0.0477. The van der Waals surface area contributed by atoms with E-state index in [2.05, 4.69) is 5.32 Å². The number of β-amino-alcohol motifs (C(OH)–C–C–N with tert-alkyl or cyclic N) is 1. The molecule has 1 fully saturated rings. The number of carbonyl (C=O) groups is 2. The third kappa shape index (κ3) is 4.22. The SMILES string of the molecule is C[C@]1(c2ccc(C(F)(F)F)cc2)NC(=O)N(C[C@@H](O)c2ccccc2C(F)(F)F)C1=O. The van der Waals surface area contributed by atoms with Crippen molar-refractivity contribution < 1.29 is 41.0 Å². The molecule has 0 radical (unpaired) electrons. The van der Waals surface area contributed by atoms with Crippen molar-refractivity contribution in [2.45, 2.75) is 30.9 Å². The summed E-state index contributed by atoms with van der Waals surface area (Å²) in [6, 6.07) is 6.75. The first kappa shape index (κ1) is 22.6. The van der Waals surface area contributed by atoms with E-state index in [1.54, 1.807) is 0 Å². The Labute approximate surface area is 172 Å². The van der Waals surface area contributed by atoms with E-state index in [1.165, 1.54) is 13.0 Å². The number of alkyl halides is 6. The predicted molar refractivity (Wildman–Crippen MR) is 95.4 cm³/mol. The molecular formula is C20H16F6N2O3. The molecule has 0 aliphatic carbocycles. The summed E-state index contributed by atoms with van der Waals surface area (Å²) in [6.07, 6.45) is -11.2. The van der Waals surface area contributed by atoms with Crippen LogP contribution in [0.4, 0.5) is 31.1 Å². The maximum Gasteiger partial charge on any atom is 0.416 e. The molecule has 166 valence electrons. The van der Waals surface area contributed by atoms with E-state index in [9.17, 15) is 41.0 Å². The summed E-state index contributed by atoms with van der Waals surface area (Å²) < 4.78 is 77.8. The number of imide groups is 1. The molecule has 11 heteroatoms. The number of carbonyl (C=O) groups excluding carboxylic acids is 2. The molecule has 2 aromatic carbocycles. The van der Waals surface area contributed by atoms with Crippen molar-refractivity contribution >= 4 is 11.9 Å². The quantitative estimate of drug-likeness (QED) is 0.546. The lowest BCUT2D eigenvalue weighted by Gasteiger charge is -2.24. The van der Waals surface area contributed by atoms with Gasteiger partial charge in [0.1, 0.15) is 5.54 Å². The van der Waals surface area contributed by atoms with Crippen LogP contribution >= 0.6 is 0 Å². The highest BCUT2D eigenvalue weighted by atomic mass is 19.4. The van der Waals surface area contributed by atoms with E-state index in [0.717, 1.165) is 42.5 Å². The molecule has 0 aromatic heterocycles. The zero-order valence-electron chi connectivity index (χ0n) is 15.9. The average Bonchev–Trinajstić information content (AvgIpc) is 2.90. The molecule has 31 heavy (non-hydrogen) atoms. The number of nitrogens with zero attached hydrogens (tertiary/aromatic N) is 1. The van der Waals surface area contributed by atoms with Crippen LogP contribution in [0, 0.1) is 0 Å². The summed E-state index contributed by atoms with van der Waals surface area (Å²) in [5.41, 5.74) is -4.28. The van der Waals surface area contributed by atoms with Gasteiger partial charge in [-0.1, -0.05) is 30.3 Å². The number of nitrogens with one attached hydrogen (secondary N) is 1. The van der Waals surface area contributed by atoms with Gasteiger partial charge >= 0.3 is 18.4 Å². The van der Waals surface area contributed by atoms with E-state index in [-0.39, 0.29) is 5.56 Å². The summed E-state index contributed by atoms with van der Waals surface area (Å²) in [4.78, 5) is 25.7. The van der Waals surface area contributed by atoms with Crippen molar-refractivity contribution in [1.82, 2.24) is 10.2 Å². The normalized spacial score (nSPS) is 20.7. The van der Waals surface area contributed by atoms with Crippen LogP contribution in [0.5, 0.6) is 0 Å². The van der Waals surface area contributed by atoms with Crippen molar-refractivity contribution in [3.05, 3.63) is 70.8 Å². The molecule has 0 bridgehead atoms. The highest BCUT2D eigenvalue weighted by molar-refractivity contribution is 6.07. The van der Waals surface area contributed by atoms with Gasteiger partial charge in [-0.3, -0.25) is 9.69 Å². The maximum absolute atomic E-state index is 13.2. The molecule has 3 amide bonds. The molecule has 2 aromatic rings. The van der Waals surface area contributed by atoms with Crippen LogP contribution in [0.2, 0.25) is 0 Å². The number of amides is 3. The minimum Gasteiger partial charge on any atom is -0.387 e. The summed E-state index contributed by atoms with van der Waals surface area (Å²) in [7, 11) is 0. The molecule has 1 aliphatic heterocycles. The lowest BCUT2D eigenvalue weighted by atomic mass is 9.91. The number of halogens is 6. The zero-order valence-corrected chi connectivity index (χ0v) is 15.9. The van der Waals surface area contributed by atoms with Gasteiger partial charge in [-0.05, 0) is 36.2 Å². The van der Waals surface area contributed by atoms with Gasteiger partial charge in [-0.2, -0.15) is 26.3 Å². The second-order valence-electron chi connectivity index (χ2n) is 7.15. The second-order valence-corrected chi connectivity index (χ2v) is 7.15. The van der Waals surface area contributed by atoms with Crippen LogP contribution < -0.4 is 5.32 Å². The van der Waals surface area contributed by atoms with Crippen molar-refractivity contribution in [2.75, 3.05) is 6.54 Å². The summed E-state index contributed by atoms with van der Waals surface area (Å²) in [5, 5.41) is 12.7. The van der Waals surface area contributed by atoms with E-state index >= 15 is 0 Å². The Hall–Kier alpha value is -3.08. The summed E-state index contributed by atoms with van der Waals surface area (Å²) in [5.74, 6) is -0.916. The fourth-order valence-corrected chi connectivity index (χ4v) is 3.37. The number of benzene rings is 2. The van der Waals surface area contributed by atoms with Crippen LogP contribution in [0.15, 0.2) is 48.5 Å². The molecular weight excluding hydrogens is 430 g/mol. The Bertz CT molecular complexity index is 1000. The summed E-state index contributed by atoms with van der Waals surface area (Å²) >= 11 is 0. The maximum atomic E-state index is 13.2. The molecule has 1 heterocycles. The summed E-state index contributed by atoms with van der Waals surface area (Å²) in [6.45, 7) is 0.486. The monoisotopic (exact) mass is 446 g/mol. The molecule has 5 nitrogen and oxygen atoms in total. The second kappa shape index (κ2) is 7.56. The molecule has 2 N–H and O–H groups in total. The van der Waals surface area contributed by atoms with Crippen molar-refractivity contribution in [2.24, 2.45) is 0 Å². The molecule has 0 unspecified atom stereocenters. The first-order valence-corrected chi connectivity index (χ1v) is 8.91. The van der Waals surface area contributed by atoms with Crippen molar-refractivity contribution in [1.29, 1.82) is 0 Å². The smallest absolute Gasteiger partial charge is 0.387 e. The Morgan fingerprint density at radius 3 is 2.10 bits per heavy atom. The minimum atomic E-state index is -4.76. The van der Waals surface area contributed by atoms with Crippen LogP contribution in [0.1, 0.15) is 35.3 Å². The van der Waals surface area contributed by atoms with E-state index in [0.29, 0.717) is 4.90 Å². The largest absolute Gasteiger partial charge is 0.416 e. The fraction of sp³-hybridized carbons (Fsp3) is 0.300. The molecule has 2 atom stereocenters. The number of hydrogen-bond donors (Lipinski definition) is 2. The number of hydrogen-bond acceptors (Lipinski definition) is 3. The average molecular weight is 446 g/mol. The predicted octanol–water partition coefficient (Wildman–Crippen LogP) is 4.22. The number of aliphatic hydroxyl groups is 1. The van der Waals surface area contributed by atoms with Gasteiger partial charge in [0, 0.05) is 0 Å². The van der Waals surface area contributed by atoms with Gasteiger partial charge in [0.05, 0.1) is 23.8 Å². The Kier molecular flexibility index (Phi) is 5.51. The molecule has 1 aliphatic rings. The van der Waals surface area contributed by atoms with Crippen LogP contribution in [0.25, 0.3) is 0 Å². The van der Waals surface area contributed by atoms with Gasteiger partial charge in [-0.25, -0.2) is 4.79 Å². The first-order valence-electron chi connectivity index (χ1n) is 8.91. The topological polar surface area (TPSA) is 69.6 Å². The molecule has 0 spiro atoms. The third-order valence-corrected chi connectivity index (χ3v) is 5.05. The van der Waals surface area contributed by atoms with E-state index < -0.39 is 59.2 Å². The standard InChI is InChI=1S/C20H16F6N2O3/c1-18(11-6-8-12(9-7-11)19(21,22)23)16(30)28(17(31)27-18)10-15(29)13-4-2-3-5-14(13)20(24,25)26/h2-9,15,29H,10H2,1H3,(H,27,31)/t15-,18-/m1/s1. The van der Waals surface area contributed by atoms with Gasteiger partial charge in [0.2, 0.25) is 0 Å². The van der Waals surface area contributed by atoms with E-state index in [1.807, 2.05) is 0 Å². The van der Waals surface area contributed by atoms with Gasteiger partial charge in [0.25, 0.3) is 5.91 Å². The highest BCUT2D eigenvalue weighted by Crippen LogP contribution is 2.37. The molecule has 3 rings (SSSR count). The third-order valence-electron chi connectivity index (χ3n) is 5.05. The Morgan fingerprint density at radius 1 is 0.968 bits per heavy atom. The van der Waals surface area contributed by atoms with Crippen molar-refractivity contribution in [3.63, 3.8) is 0 Å². The first-order chi connectivity index (χ1) is 14.2. The molecule has 0 saturated carbocycles. The number of aliphatic hydroxyl groups excluding tert-OH is 1. The number of urea groups is 1. The van der Waals surface area contributed by atoms with E-state index in [4.69, 9.17) is 0 Å². The number of rotatable bonds is 4. The Morgan fingerprint density at radius 2 is 1.55 bits per heavy atom. The van der Waals surface area contributed by atoms with Gasteiger partial charge < -0.3 is 10.4 Å². The fourth-order valence-electron chi connectivity index (χ4n) is 3.37. The highest BCUT2D eigenvalue weighted by Gasteiger charge is 2.50. The molecule has 1 saturated heterocycles. The van der Waals surface area contributed by atoms with Crippen molar-refractivity contribution in [3.8, 4) is 0 Å². The Balaban J connectivity index is 1.86. The van der Waals surface area contributed by atoms with Crippen LogP contribution in [-0.2, 0) is 22.7 Å². The van der Waals surface area contributed by atoms with Gasteiger partial charge in [0.15, 0.2) is 0 Å². The van der Waals surface area contributed by atoms with Crippen LogP contribution in [0.3, 0.4) is 0 Å². The lowest BCUT2D eigenvalue weighted by molar-refractivity contribution is -0.139. The van der Waals surface area contributed by atoms with Gasteiger partial charge in [-0.15, -0.1) is 0 Å². The zero-order chi connectivity index (χ0) is 23.2. The lowest BCUT2D eigenvalue weighted by Crippen LogP contribution is -2.41. The van der Waals surface area contributed by atoms with Crippen LogP contribution in [-0.4, -0.2) is 28.5 Å².